The number of rotatable bonds is 7. The van der Waals surface area contributed by atoms with E-state index >= 15 is 0 Å². The van der Waals surface area contributed by atoms with Gasteiger partial charge in [0, 0.05) is 26.3 Å². The summed E-state index contributed by atoms with van der Waals surface area (Å²) in [5.41, 5.74) is 0. The highest BCUT2D eigenvalue weighted by Crippen LogP contribution is 2.15. The zero-order chi connectivity index (χ0) is 14.5. The fourth-order valence-electron chi connectivity index (χ4n) is 1.49. The number of hydrogen-bond acceptors (Lipinski definition) is 5. The average Bonchev–Trinajstić information content (AvgIpc) is 2.36. The van der Waals surface area contributed by atoms with E-state index in [1.807, 2.05) is 6.92 Å². The van der Waals surface area contributed by atoms with Gasteiger partial charge in [-0.3, -0.25) is 0 Å². The summed E-state index contributed by atoms with van der Waals surface area (Å²) >= 11 is 0. The van der Waals surface area contributed by atoms with Crippen LogP contribution in [0.4, 0.5) is 5.82 Å². The van der Waals surface area contributed by atoms with Crippen molar-refractivity contribution in [3.05, 3.63) is 18.3 Å². The van der Waals surface area contributed by atoms with E-state index in [9.17, 15) is 13.5 Å². The molecule has 0 radical (unpaired) electrons. The lowest BCUT2D eigenvalue weighted by molar-refractivity contribution is 0.177. The number of aromatic nitrogens is 1. The Morgan fingerprint density at radius 3 is 2.63 bits per heavy atom. The topological polar surface area (TPSA) is 82.5 Å². The molecule has 0 aliphatic carbocycles. The van der Waals surface area contributed by atoms with Crippen molar-refractivity contribution in [3.8, 4) is 0 Å². The van der Waals surface area contributed by atoms with Gasteiger partial charge >= 0.3 is 0 Å². The minimum absolute atomic E-state index is 0.155. The van der Waals surface area contributed by atoms with Crippen LogP contribution in [0.3, 0.4) is 0 Å². The maximum absolute atomic E-state index is 12.2. The van der Waals surface area contributed by atoms with Crippen molar-refractivity contribution in [2.45, 2.75) is 31.3 Å². The molecule has 1 aromatic rings. The molecule has 6 nitrogen and oxygen atoms in total. The van der Waals surface area contributed by atoms with Gasteiger partial charge in [-0.15, -0.1) is 0 Å². The molecule has 0 saturated heterocycles. The number of sulfonamides is 1. The molecule has 1 rings (SSSR count). The highest BCUT2D eigenvalue weighted by atomic mass is 32.2. The fraction of sp³-hybridized carbons (Fsp3) is 0.583. The molecule has 1 unspecified atom stereocenters. The molecule has 1 atom stereocenters. The van der Waals surface area contributed by atoms with E-state index < -0.39 is 16.1 Å². The Labute approximate surface area is 114 Å². The van der Waals surface area contributed by atoms with Crippen molar-refractivity contribution in [1.82, 2.24) is 9.29 Å². The van der Waals surface area contributed by atoms with Crippen LogP contribution in [0.5, 0.6) is 0 Å². The molecule has 1 aromatic heterocycles. The van der Waals surface area contributed by atoms with Crippen LogP contribution in [0.1, 0.15) is 20.3 Å². The Morgan fingerprint density at radius 1 is 1.47 bits per heavy atom. The quantitative estimate of drug-likeness (QED) is 0.779. The summed E-state index contributed by atoms with van der Waals surface area (Å²) in [6, 6.07) is 3.16. The van der Waals surface area contributed by atoms with Gasteiger partial charge in [-0.25, -0.2) is 17.7 Å². The number of nitrogens with one attached hydrogen (secondary N) is 1. The number of hydrogen-bond donors (Lipinski definition) is 2. The molecule has 7 heteroatoms. The van der Waals surface area contributed by atoms with Crippen LogP contribution >= 0.6 is 0 Å². The van der Waals surface area contributed by atoms with E-state index in [4.69, 9.17) is 0 Å². The zero-order valence-electron chi connectivity index (χ0n) is 11.5. The van der Waals surface area contributed by atoms with Gasteiger partial charge in [-0.05, 0) is 32.4 Å². The first-order valence-corrected chi connectivity index (χ1v) is 7.66. The van der Waals surface area contributed by atoms with Gasteiger partial charge in [0.05, 0.1) is 6.10 Å². The van der Waals surface area contributed by atoms with Crippen LogP contribution in [0.2, 0.25) is 0 Å². The molecule has 0 bridgehead atoms. The predicted octanol–water partition coefficient (Wildman–Crippen LogP) is 0.905. The lowest BCUT2D eigenvalue weighted by atomic mass is 10.3. The number of aliphatic hydroxyl groups excluding tert-OH is 1. The summed E-state index contributed by atoms with van der Waals surface area (Å²) in [6.07, 6.45) is 1.22. The monoisotopic (exact) mass is 287 g/mol. The van der Waals surface area contributed by atoms with Gasteiger partial charge in [0.15, 0.2) is 0 Å². The smallest absolute Gasteiger partial charge is 0.244 e. The van der Waals surface area contributed by atoms with E-state index in [2.05, 4.69) is 10.3 Å². The van der Waals surface area contributed by atoms with Gasteiger partial charge in [0.2, 0.25) is 10.0 Å². The van der Waals surface area contributed by atoms with Crippen molar-refractivity contribution in [2.75, 3.05) is 25.5 Å². The molecular formula is C12H21N3O3S. The van der Waals surface area contributed by atoms with Crippen molar-refractivity contribution in [1.29, 1.82) is 0 Å². The van der Waals surface area contributed by atoms with Crippen LogP contribution in [-0.4, -0.2) is 49.1 Å². The van der Waals surface area contributed by atoms with Gasteiger partial charge in [0.1, 0.15) is 10.7 Å². The van der Waals surface area contributed by atoms with Crippen molar-refractivity contribution in [2.24, 2.45) is 0 Å². The average molecular weight is 287 g/mol. The molecule has 0 aliphatic rings. The second kappa shape index (κ2) is 6.83. The van der Waals surface area contributed by atoms with Gasteiger partial charge in [-0.2, -0.15) is 0 Å². The second-order valence-corrected chi connectivity index (χ2v) is 6.42. The van der Waals surface area contributed by atoms with Crippen LogP contribution < -0.4 is 5.32 Å². The van der Waals surface area contributed by atoms with Crippen LogP contribution in [0.15, 0.2) is 23.2 Å². The molecular weight excluding hydrogens is 266 g/mol. The Bertz CT molecular complexity index is 485. The molecule has 0 amide bonds. The van der Waals surface area contributed by atoms with Gasteiger partial charge in [0.25, 0.3) is 0 Å². The van der Waals surface area contributed by atoms with Crippen LogP contribution in [0.25, 0.3) is 0 Å². The number of anilines is 1. The minimum Gasteiger partial charge on any atom is -0.393 e. The Kier molecular flexibility index (Phi) is 5.71. The highest BCUT2D eigenvalue weighted by Gasteiger charge is 2.21. The first-order valence-electron chi connectivity index (χ1n) is 6.22. The Balaban J connectivity index is 2.81. The van der Waals surface area contributed by atoms with E-state index in [0.29, 0.717) is 12.2 Å². The summed E-state index contributed by atoms with van der Waals surface area (Å²) in [4.78, 5) is 4.20. The van der Waals surface area contributed by atoms with E-state index in [-0.39, 0.29) is 11.4 Å². The van der Waals surface area contributed by atoms with Crippen molar-refractivity contribution < 1.29 is 13.5 Å². The Hall–Kier alpha value is -1.18. The van der Waals surface area contributed by atoms with Crippen LogP contribution in [-0.2, 0) is 10.0 Å². The predicted molar refractivity (Wildman–Crippen MR) is 74.5 cm³/mol. The van der Waals surface area contributed by atoms with Crippen molar-refractivity contribution in [3.63, 3.8) is 0 Å². The summed E-state index contributed by atoms with van der Waals surface area (Å²) in [5.74, 6) is 0.646. The fourth-order valence-corrected chi connectivity index (χ4v) is 2.62. The molecule has 0 saturated carbocycles. The third kappa shape index (κ3) is 4.45. The molecule has 0 aromatic carbocycles. The van der Waals surface area contributed by atoms with Crippen molar-refractivity contribution >= 4 is 15.8 Å². The standard InChI is InChI=1S/C12H21N3O3S/c1-4-13-12-6-5-11(9-14-12)19(17,18)15(3)8-7-10(2)16/h5-6,9-10,16H,4,7-8H2,1-3H3,(H,13,14). The Morgan fingerprint density at radius 2 is 2.16 bits per heavy atom. The molecule has 2 N–H and O–H groups in total. The molecule has 0 spiro atoms. The first-order chi connectivity index (χ1) is 8.87. The minimum atomic E-state index is -3.53. The van der Waals surface area contributed by atoms with E-state index in [1.165, 1.54) is 23.6 Å². The second-order valence-electron chi connectivity index (χ2n) is 4.37. The largest absolute Gasteiger partial charge is 0.393 e. The number of aliphatic hydroxyl groups is 1. The lowest BCUT2D eigenvalue weighted by Crippen LogP contribution is -2.29. The van der Waals surface area contributed by atoms with Crippen LogP contribution in [0, 0.1) is 0 Å². The molecule has 0 aliphatic heterocycles. The summed E-state index contributed by atoms with van der Waals surface area (Å²) in [6.45, 7) is 4.58. The zero-order valence-corrected chi connectivity index (χ0v) is 12.3. The molecule has 108 valence electrons. The highest BCUT2D eigenvalue weighted by molar-refractivity contribution is 7.89. The maximum atomic E-state index is 12.2. The normalized spacial score (nSPS) is 13.5. The number of nitrogens with zero attached hydrogens (tertiary/aromatic N) is 2. The van der Waals surface area contributed by atoms with E-state index in [0.717, 1.165) is 6.54 Å². The third-order valence-electron chi connectivity index (χ3n) is 2.66. The maximum Gasteiger partial charge on any atom is 0.244 e. The lowest BCUT2D eigenvalue weighted by Gasteiger charge is -2.17. The van der Waals surface area contributed by atoms with E-state index in [1.54, 1.807) is 13.0 Å². The summed E-state index contributed by atoms with van der Waals surface area (Å²) in [5, 5.41) is 12.2. The third-order valence-corrected chi connectivity index (χ3v) is 4.50. The molecule has 0 fully saturated rings. The summed E-state index contributed by atoms with van der Waals surface area (Å²) in [7, 11) is -2.04. The molecule has 1 heterocycles. The van der Waals surface area contributed by atoms with Gasteiger partial charge < -0.3 is 10.4 Å². The SMILES string of the molecule is CCNc1ccc(S(=O)(=O)N(C)CCC(C)O)cn1. The van der Waals surface area contributed by atoms with Gasteiger partial charge in [-0.1, -0.05) is 0 Å². The first kappa shape index (κ1) is 15.9. The number of pyridine rings is 1. The molecule has 19 heavy (non-hydrogen) atoms. The summed E-state index contributed by atoms with van der Waals surface area (Å²) < 4.78 is 25.6.